The average molecular weight is 307 g/mol. The Balaban J connectivity index is 1.85. The number of aryl methyl sites for hydroxylation is 1. The molecule has 23 heavy (non-hydrogen) atoms. The molecule has 0 bridgehead atoms. The first kappa shape index (κ1) is 15.0. The topological polar surface area (TPSA) is 67.2 Å². The lowest BCUT2D eigenvalue weighted by Gasteiger charge is -2.11. The highest BCUT2D eigenvalue weighted by atomic mass is 16.3. The van der Waals surface area contributed by atoms with Crippen LogP contribution < -0.4 is 5.32 Å². The van der Waals surface area contributed by atoms with Crippen LogP contribution in [0.3, 0.4) is 0 Å². The number of aromatic nitrogens is 2. The Morgan fingerprint density at radius 1 is 1.09 bits per heavy atom. The molecule has 1 atom stereocenters. The second kappa shape index (κ2) is 6.46. The van der Waals surface area contributed by atoms with Gasteiger partial charge in [0.2, 0.25) is 0 Å². The van der Waals surface area contributed by atoms with Crippen LogP contribution in [0.1, 0.15) is 11.7 Å². The van der Waals surface area contributed by atoms with E-state index in [1.807, 2.05) is 36.4 Å². The van der Waals surface area contributed by atoms with Crippen molar-refractivity contribution in [3.8, 4) is 11.3 Å². The van der Waals surface area contributed by atoms with Crippen molar-refractivity contribution in [2.75, 3.05) is 5.32 Å². The number of nitrogens with one attached hydrogen (secondary N) is 1. The highest BCUT2D eigenvalue weighted by Gasteiger charge is 2.20. The number of anilines is 1. The third-order valence-corrected chi connectivity index (χ3v) is 3.50. The first-order chi connectivity index (χ1) is 11.1. The summed E-state index contributed by atoms with van der Waals surface area (Å²) in [5.41, 5.74) is 2.69. The van der Waals surface area contributed by atoms with Gasteiger partial charge in [0, 0.05) is 18.8 Å². The summed E-state index contributed by atoms with van der Waals surface area (Å²) >= 11 is 0. The number of carbonyl (C=O) groups excluding carboxylic acids is 1. The van der Waals surface area contributed by atoms with Crippen molar-refractivity contribution in [2.24, 2.45) is 7.05 Å². The van der Waals surface area contributed by atoms with Gasteiger partial charge in [-0.05, 0) is 5.56 Å². The third-order valence-electron chi connectivity index (χ3n) is 3.50. The summed E-state index contributed by atoms with van der Waals surface area (Å²) in [4.78, 5) is 12.3. The zero-order valence-corrected chi connectivity index (χ0v) is 12.7. The number of rotatable bonds is 4. The Labute approximate surface area is 134 Å². The molecular weight excluding hydrogens is 290 g/mol. The van der Waals surface area contributed by atoms with Gasteiger partial charge in [-0.3, -0.25) is 9.48 Å². The van der Waals surface area contributed by atoms with Gasteiger partial charge >= 0.3 is 0 Å². The number of aliphatic hydroxyl groups is 1. The normalized spacial score (nSPS) is 11.9. The number of amides is 1. The van der Waals surface area contributed by atoms with Crippen molar-refractivity contribution in [3.05, 3.63) is 72.4 Å². The van der Waals surface area contributed by atoms with Crippen LogP contribution >= 0.6 is 0 Å². The van der Waals surface area contributed by atoms with Gasteiger partial charge in [-0.1, -0.05) is 60.7 Å². The van der Waals surface area contributed by atoms with Crippen LogP contribution in [0.2, 0.25) is 0 Å². The molecule has 1 amide bonds. The van der Waals surface area contributed by atoms with Gasteiger partial charge in [-0.15, -0.1) is 0 Å². The van der Waals surface area contributed by atoms with E-state index in [0.29, 0.717) is 16.9 Å². The molecule has 0 aliphatic rings. The maximum absolute atomic E-state index is 12.3. The number of aliphatic hydroxyl groups excluding tert-OH is 1. The van der Waals surface area contributed by atoms with Crippen molar-refractivity contribution >= 4 is 11.6 Å². The lowest BCUT2D eigenvalue weighted by Crippen LogP contribution is -2.20. The van der Waals surface area contributed by atoms with Crippen LogP contribution in [0.5, 0.6) is 0 Å². The molecule has 5 nitrogen and oxygen atoms in total. The van der Waals surface area contributed by atoms with E-state index in [4.69, 9.17) is 0 Å². The van der Waals surface area contributed by atoms with Gasteiger partial charge < -0.3 is 10.4 Å². The van der Waals surface area contributed by atoms with Crippen molar-refractivity contribution in [1.29, 1.82) is 0 Å². The van der Waals surface area contributed by atoms with Crippen molar-refractivity contribution < 1.29 is 9.90 Å². The highest BCUT2D eigenvalue weighted by molar-refractivity contribution is 5.97. The summed E-state index contributed by atoms with van der Waals surface area (Å²) in [6.45, 7) is 0. The molecule has 3 rings (SSSR count). The molecule has 0 aliphatic carbocycles. The Bertz CT molecular complexity index is 798. The summed E-state index contributed by atoms with van der Waals surface area (Å²) in [6, 6.07) is 18.4. The summed E-state index contributed by atoms with van der Waals surface area (Å²) < 4.78 is 1.63. The monoisotopic (exact) mass is 307 g/mol. The fraction of sp³-hybridized carbons (Fsp3) is 0.111. The van der Waals surface area contributed by atoms with E-state index in [1.165, 1.54) is 0 Å². The molecule has 2 aromatic carbocycles. The number of hydrogen-bond donors (Lipinski definition) is 2. The highest BCUT2D eigenvalue weighted by Crippen LogP contribution is 2.27. The number of nitrogens with zero attached hydrogens (tertiary/aromatic N) is 2. The van der Waals surface area contributed by atoms with Gasteiger partial charge in [0.1, 0.15) is 5.69 Å². The molecule has 1 heterocycles. The Hall–Kier alpha value is -2.92. The molecule has 116 valence electrons. The molecule has 5 heteroatoms. The summed E-state index contributed by atoms with van der Waals surface area (Å²) in [7, 11) is 1.79. The zero-order chi connectivity index (χ0) is 16.2. The maximum atomic E-state index is 12.3. The molecule has 2 N–H and O–H groups in total. The Morgan fingerprint density at radius 3 is 2.35 bits per heavy atom. The fourth-order valence-corrected chi connectivity index (χ4v) is 2.38. The predicted octanol–water partition coefficient (Wildman–Crippen LogP) is 2.76. The van der Waals surface area contributed by atoms with Crippen LogP contribution in [-0.4, -0.2) is 20.8 Å². The van der Waals surface area contributed by atoms with E-state index in [9.17, 15) is 9.90 Å². The van der Waals surface area contributed by atoms with Crippen molar-refractivity contribution in [2.45, 2.75) is 6.10 Å². The van der Waals surface area contributed by atoms with Crippen LogP contribution in [0.15, 0.2) is 66.9 Å². The summed E-state index contributed by atoms with van der Waals surface area (Å²) in [5.74, 6) is -0.485. The minimum atomic E-state index is -1.22. The van der Waals surface area contributed by atoms with Crippen LogP contribution in [-0.2, 0) is 11.8 Å². The lowest BCUT2D eigenvalue weighted by atomic mass is 10.1. The second-order valence-electron chi connectivity index (χ2n) is 5.23. The minimum absolute atomic E-state index is 0.485. The molecule has 0 radical (unpaired) electrons. The molecule has 0 aliphatic heterocycles. The molecular formula is C18H17N3O2. The van der Waals surface area contributed by atoms with E-state index >= 15 is 0 Å². The molecule has 1 aromatic heterocycles. The quantitative estimate of drug-likeness (QED) is 0.779. The van der Waals surface area contributed by atoms with Crippen LogP contribution in [0, 0.1) is 0 Å². The van der Waals surface area contributed by atoms with E-state index in [-0.39, 0.29) is 0 Å². The molecule has 0 fully saturated rings. The molecule has 0 saturated carbocycles. The summed E-state index contributed by atoms with van der Waals surface area (Å²) in [6.07, 6.45) is 0.498. The first-order valence-electron chi connectivity index (χ1n) is 7.28. The Kier molecular flexibility index (Phi) is 4.21. The van der Waals surface area contributed by atoms with E-state index in [1.54, 1.807) is 42.2 Å². The van der Waals surface area contributed by atoms with E-state index in [2.05, 4.69) is 10.4 Å². The molecule has 1 unspecified atom stereocenters. The first-order valence-corrected chi connectivity index (χ1v) is 7.28. The van der Waals surface area contributed by atoms with Gasteiger partial charge in [0.05, 0.1) is 5.69 Å². The smallest absolute Gasteiger partial charge is 0.257 e. The predicted molar refractivity (Wildman–Crippen MR) is 88.7 cm³/mol. The SMILES string of the molecule is Cn1cc(NC(=O)C(O)c2ccccc2)c(-c2ccccc2)n1. The Morgan fingerprint density at radius 2 is 1.70 bits per heavy atom. The average Bonchev–Trinajstić information content (AvgIpc) is 2.96. The standard InChI is InChI=1S/C18H17N3O2/c1-21-12-15(16(20-21)13-8-4-2-5-9-13)19-18(23)17(22)14-10-6-3-7-11-14/h2-12,17,22H,1H3,(H,19,23). The van der Waals surface area contributed by atoms with Gasteiger partial charge in [-0.25, -0.2) is 0 Å². The molecule has 3 aromatic rings. The number of hydrogen-bond acceptors (Lipinski definition) is 3. The van der Waals surface area contributed by atoms with Crippen LogP contribution in [0.4, 0.5) is 5.69 Å². The van der Waals surface area contributed by atoms with E-state index in [0.717, 1.165) is 5.56 Å². The van der Waals surface area contributed by atoms with Gasteiger partial charge in [-0.2, -0.15) is 5.10 Å². The summed E-state index contributed by atoms with van der Waals surface area (Å²) in [5, 5.41) is 17.3. The van der Waals surface area contributed by atoms with Crippen molar-refractivity contribution in [1.82, 2.24) is 9.78 Å². The molecule has 0 saturated heterocycles. The number of carbonyl (C=O) groups is 1. The maximum Gasteiger partial charge on any atom is 0.257 e. The van der Waals surface area contributed by atoms with E-state index < -0.39 is 12.0 Å². The fourth-order valence-electron chi connectivity index (χ4n) is 2.38. The number of benzene rings is 2. The van der Waals surface area contributed by atoms with Gasteiger partial charge in [0.15, 0.2) is 6.10 Å². The van der Waals surface area contributed by atoms with Crippen LogP contribution in [0.25, 0.3) is 11.3 Å². The molecule has 0 spiro atoms. The van der Waals surface area contributed by atoms with Gasteiger partial charge in [0.25, 0.3) is 5.91 Å². The largest absolute Gasteiger partial charge is 0.378 e. The lowest BCUT2D eigenvalue weighted by molar-refractivity contribution is -0.124. The second-order valence-corrected chi connectivity index (χ2v) is 5.23. The zero-order valence-electron chi connectivity index (χ0n) is 12.7. The van der Waals surface area contributed by atoms with Crippen molar-refractivity contribution in [3.63, 3.8) is 0 Å². The minimum Gasteiger partial charge on any atom is -0.378 e. The third kappa shape index (κ3) is 3.30.